The molecule has 2 aromatic rings. The molecule has 2 aromatic carbocycles. The number of aryl methyl sites for hydroxylation is 2. The first-order valence-electron chi connectivity index (χ1n) is 9.54. The molecule has 0 bridgehead atoms. The van der Waals surface area contributed by atoms with Gasteiger partial charge in [0.25, 0.3) is 5.91 Å². The first kappa shape index (κ1) is 19.0. The molecule has 5 nitrogen and oxygen atoms in total. The lowest BCUT2D eigenvalue weighted by molar-refractivity contribution is -0.114. The fraction of sp³-hybridized carbons (Fsp3) is 0.364. The van der Waals surface area contributed by atoms with Crippen molar-refractivity contribution in [3.8, 4) is 0 Å². The molecule has 5 heteroatoms. The molecule has 0 saturated carbocycles. The number of hydrogen-bond donors (Lipinski definition) is 2. The number of carbonyl (C=O) groups excluding carboxylic acids is 2. The van der Waals surface area contributed by atoms with E-state index in [4.69, 9.17) is 0 Å². The SMILES string of the molecule is Cc1cccc(C)c1NC(=O)CNc1ccc(C(=O)N2CCCCC2)cc1. The van der Waals surface area contributed by atoms with Crippen LogP contribution in [0.5, 0.6) is 0 Å². The lowest BCUT2D eigenvalue weighted by Crippen LogP contribution is -2.35. The third-order valence-corrected chi connectivity index (χ3v) is 4.97. The van der Waals surface area contributed by atoms with E-state index in [0.29, 0.717) is 5.56 Å². The maximum absolute atomic E-state index is 12.5. The zero-order valence-corrected chi connectivity index (χ0v) is 16.0. The van der Waals surface area contributed by atoms with E-state index >= 15 is 0 Å². The van der Waals surface area contributed by atoms with Crippen molar-refractivity contribution in [3.63, 3.8) is 0 Å². The van der Waals surface area contributed by atoms with Gasteiger partial charge in [-0.15, -0.1) is 0 Å². The predicted molar refractivity (Wildman–Crippen MR) is 109 cm³/mol. The Bertz CT molecular complexity index is 789. The number of hydrogen-bond acceptors (Lipinski definition) is 3. The minimum absolute atomic E-state index is 0.0917. The van der Waals surface area contributed by atoms with Crippen LogP contribution in [0.3, 0.4) is 0 Å². The molecular formula is C22H27N3O2. The van der Waals surface area contributed by atoms with Gasteiger partial charge in [0.15, 0.2) is 0 Å². The van der Waals surface area contributed by atoms with Gasteiger partial charge in [-0.3, -0.25) is 9.59 Å². The Morgan fingerprint density at radius 2 is 1.56 bits per heavy atom. The molecule has 0 aromatic heterocycles. The second-order valence-electron chi connectivity index (χ2n) is 7.10. The van der Waals surface area contributed by atoms with E-state index in [-0.39, 0.29) is 18.4 Å². The molecule has 0 radical (unpaired) electrons. The van der Waals surface area contributed by atoms with Crippen molar-refractivity contribution in [1.82, 2.24) is 4.90 Å². The second-order valence-corrected chi connectivity index (χ2v) is 7.10. The quantitative estimate of drug-likeness (QED) is 0.842. The molecule has 0 unspecified atom stereocenters. The normalized spacial score (nSPS) is 13.9. The van der Waals surface area contributed by atoms with Gasteiger partial charge in [0.2, 0.25) is 5.91 Å². The molecule has 1 fully saturated rings. The van der Waals surface area contributed by atoms with Crippen LogP contribution in [-0.2, 0) is 4.79 Å². The lowest BCUT2D eigenvalue weighted by atomic mass is 10.1. The standard InChI is InChI=1S/C22H27N3O2/c1-16-7-6-8-17(2)21(16)24-20(26)15-23-19-11-9-18(10-12-19)22(27)25-13-4-3-5-14-25/h6-12,23H,3-5,13-15H2,1-2H3,(H,24,26). The Kier molecular flexibility index (Phi) is 6.12. The molecular weight excluding hydrogens is 338 g/mol. The number of benzene rings is 2. The van der Waals surface area contributed by atoms with Crippen LogP contribution in [-0.4, -0.2) is 36.3 Å². The minimum atomic E-state index is -0.0964. The Morgan fingerprint density at radius 3 is 2.19 bits per heavy atom. The third-order valence-electron chi connectivity index (χ3n) is 4.97. The Balaban J connectivity index is 1.54. The summed E-state index contributed by atoms with van der Waals surface area (Å²) in [6.07, 6.45) is 3.37. The van der Waals surface area contributed by atoms with Gasteiger partial charge in [-0.05, 0) is 68.5 Å². The summed E-state index contributed by atoms with van der Waals surface area (Å²) in [6.45, 7) is 5.82. The zero-order valence-electron chi connectivity index (χ0n) is 16.0. The van der Waals surface area contributed by atoms with Crippen LogP contribution in [0, 0.1) is 13.8 Å². The number of nitrogens with one attached hydrogen (secondary N) is 2. The van der Waals surface area contributed by atoms with Crippen LogP contribution in [0.25, 0.3) is 0 Å². The molecule has 2 N–H and O–H groups in total. The average Bonchev–Trinajstić information content (AvgIpc) is 2.70. The van der Waals surface area contributed by atoms with E-state index in [9.17, 15) is 9.59 Å². The van der Waals surface area contributed by atoms with Crippen molar-refractivity contribution in [2.45, 2.75) is 33.1 Å². The van der Waals surface area contributed by atoms with Crippen LogP contribution >= 0.6 is 0 Å². The number of nitrogens with zero attached hydrogens (tertiary/aromatic N) is 1. The zero-order chi connectivity index (χ0) is 19.2. The molecule has 142 valence electrons. The van der Waals surface area contributed by atoms with Crippen molar-refractivity contribution in [1.29, 1.82) is 0 Å². The summed E-state index contributed by atoms with van der Waals surface area (Å²) in [5.41, 5.74) is 4.48. The van der Waals surface area contributed by atoms with Crippen molar-refractivity contribution in [2.24, 2.45) is 0 Å². The number of piperidine rings is 1. The molecule has 1 aliphatic rings. The fourth-order valence-corrected chi connectivity index (χ4v) is 3.39. The van der Waals surface area contributed by atoms with Crippen LogP contribution in [0.1, 0.15) is 40.7 Å². The minimum Gasteiger partial charge on any atom is -0.376 e. The molecule has 1 heterocycles. The van der Waals surface area contributed by atoms with E-state index in [1.165, 1.54) is 6.42 Å². The highest BCUT2D eigenvalue weighted by Gasteiger charge is 2.17. The van der Waals surface area contributed by atoms with Crippen molar-refractivity contribution >= 4 is 23.2 Å². The van der Waals surface area contributed by atoms with E-state index < -0.39 is 0 Å². The maximum Gasteiger partial charge on any atom is 0.253 e. The number of carbonyl (C=O) groups is 2. The van der Waals surface area contributed by atoms with Gasteiger partial charge in [-0.25, -0.2) is 0 Å². The summed E-state index contributed by atoms with van der Waals surface area (Å²) in [4.78, 5) is 26.6. The summed E-state index contributed by atoms with van der Waals surface area (Å²) < 4.78 is 0. The molecule has 0 atom stereocenters. The number of anilines is 2. The highest BCUT2D eigenvalue weighted by Crippen LogP contribution is 2.19. The summed E-state index contributed by atoms with van der Waals surface area (Å²) in [7, 11) is 0. The largest absolute Gasteiger partial charge is 0.376 e. The fourth-order valence-electron chi connectivity index (χ4n) is 3.39. The summed E-state index contributed by atoms with van der Waals surface area (Å²) in [5, 5.41) is 6.07. The lowest BCUT2D eigenvalue weighted by Gasteiger charge is -2.26. The third kappa shape index (κ3) is 4.88. The molecule has 2 amide bonds. The highest BCUT2D eigenvalue weighted by molar-refractivity contribution is 5.96. The summed E-state index contributed by atoms with van der Waals surface area (Å²) >= 11 is 0. The van der Waals surface area contributed by atoms with Crippen molar-refractivity contribution in [2.75, 3.05) is 30.3 Å². The van der Waals surface area contributed by atoms with Gasteiger partial charge in [0.05, 0.1) is 6.54 Å². The van der Waals surface area contributed by atoms with E-state index in [1.54, 1.807) is 0 Å². The van der Waals surface area contributed by atoms with Gasteiger partial charge in [-0.2, -0.15) is 0 Å². The smallest absolute Gasteiger partial charge is 0.253 e. The first-order valence-corrected chi connectivity index (χ1v) is 9.54. The molecule has 0 aliphatic carbocycles. The summed E-state index contributed by atoms with van der Waals surface area (Å²) in [5.74, 6) is -0.00473. The Labute approximate surface area is 160 Å². The molecule has 3 rings (SSSR count). The number of rotatable bonds is 5. The van der Waals surface area contributed by atoms with Crippen LogP contribution in [0.15, 0.2) is 42.5 Å². The monoisotopic (exact) mass is 365 g/mol. The van der Waals surface area contributed by atoms with E-state index in [2.05, 4.69) is 10.6 Å². The maximum atomic E-state index is 12.5. The molecule has 1 aliphatic heterocycles. The van der Waals surface area contributed by atoms with Crippen molar-refractivity contribution < 1.29 is 9.59 Å². The van der Waals surface area contributed by atoms with Crippen LogP contribution < -0.4 is 10.6 Å². The number of amides is 2. The van der Waals surface area contributed by atoms with E-state index in [0.717, 1.165) is 48.4 Å². The number of likely N-dealkylation sites (tertiary alicyclic amines) is 1. The van der Waals surface area contributed by atoms with Gasteiger partial charge in [0.1, 0.15) is 0 Å². The molecule has 27 heavy (non-hydrogen) atoms. The van der Waals surface area contributed by atoms with Crippen molar-refractivity contribution in [3.05, 3.63) is 59.2 Å². The van der Waals surface area contributed by atoms with E-state index in [1.807, 2.05) is 61.2 Å². The molecule has 1 saturated heterocycles. The van der Waals surface area contributed by atoms with Gasteiger partial charge < -0.3 is 15.5 Å². The Morgan fingerprint density at radius 1 is 0.926 bits per heavy atom. The van der Waals surface area contributed by atoms with Crippen LogP contribution in [0.2, 0.25) is 0 Å². The first-order chi connectivity index (χ1) is 13.0. The van der Waals surface area contributed by atoms with Gasteiger partial charge in [0, 0.05) is 30.0 Å². The second kappa shape index (κ2) is 8.71. The Hall–Kier alpha value is -2.82. The summed E-state index contributed by atoms with van der Waals surface area (Å²) in [6, 6.07) is 13.3. The van der Waals surface area contributed by atoms with Gasteiger partial charge >= 0.3 is 0 Å². The topological polar surface area (TPSA) is 61.4 Å². The van der Waals surface area contributed by atoms with Gasteiger partial charge in [-0.1, -0.05) is 18.2 Å². The number of para-hydroxylation sites is 1. The highest BCUT2D eigenvalue weighted by atomic mass is 16.2. The average molecular weight is 365 g/mol. The van der Waals surface area contributed by atoms with Crippen LogP contribution in [0.4, 0.5) is 11.4 Å². The molecule has 0 spiro atoms. The predicted octanol–water partition coefficient (Wildman–Crippen LogP) is 3.98.